The average Bonchev–Trinajstić information content (AvgIpc) is 2.40. The lowest BCUT2D eigenvalue weighted by atomic mass is 9.97. The molecule has 17 heavy (non-hydrogen) atoms. The zero-order valence-electron chi connectivity index (χ0n) is 10.9. The molecule has 0 saturated carbocycles. The van der Waals surface area contributed by atoms with E-state index in [4.69, 9.17) is 4.74 Å². The molecule has 0 radical (unpaired) electrons. The molecule has 1 saturated heterocycles. The zero-order chi connectivity index (χ0) is 12.1. The lowest BCUT2D eigenvalue weighted by Crippen LogP contribution is -2.37. The first-order valence-corrected chi connectivity index (χ1v) is 6.77. The van der Waals surface area contributed by atoms with Crippen LogP contribution in [0.1, 0.15) is 44.6 Å². The molecule has 2 atom stereocenters. The second-order valence-electron chi connectivity index (χ2n) is 4.93. The van der Waals surface area contributed by atoms with Crippen molar-refractivity contribution < 1.29 is 4.74 Å². The third-order valence-electron chi connectivity index (χ3n) is 3.61. The highest BCUT2D eigenvalue weighted by atomic mass is 16.5. The maximum absolute atomic E-state index is 6.15. The van der Waals surface area contributed by atoms with Crippen molar-refractivity contribution in [1.29, 1.82) is 0 Å². The Labute approximate surface area is 104 Å². The van der Waals surface area contributed by atoms with Crippen molar-refractivity contribution in [2.45, 2.75) is 45.1 Å². The summed E-state index contributed by atoms with van der Waals surface area (Å²) in [4.78, 5) is 0. The Morgan fingerprint density at radius 3 is 2.94 bits per heavy atom. The highest BCUT2D eigenvalue weighted by molar-refractivity contribution is 5.36. The topological polar surface area (TPSA) is 21.3 Å². The van der Waals surface area contributed by atoms with Gasteiger partial charge in [-0.1, -0.05) is 32.0 Å². The normalized spacial score (nSPS) is 22.1. The Morgan fingerprint density at radius 1 is 1.41 bits per heavy atom. The highest BCUT2D eigenvalue weighted by Gasteiger charge is 2.17. The fourth-order valence-electron chi connectivity index (χ4n) is 2.31. The number of rotatable bonds is 4. The van der Waals surface area contributed by atoms with Crippen LogP contribution in [0.5, 0.6) is 5.75 Å². The minimum atomic E-state index is 0.342. The van der Waals surface area contributed by atoms with E-state index in [0.29, 0.717) is 12.0 Å². The van der Waals surface area contributed by atoms with Gasteiger partial charge in [0, 0.05) is 6.54 Å². The first kappa shape index (κ1) is 12.4. The van der Waals surface area contributed by atoms with E-state index in [2.05, 4.69) is 43.4 Å². The molecule has 1 aromatic carbocycles. The van der Waals surface area contributed by atoms with Crippen molar-refractivity contribution in [1.82, 2.24) is 5.32 Å². The molecular formula is C15H23NO. The third kappa shape index (κ3) is 3.22. The molecular weight excluding hydrogens is 210 g/mol. The molecule has 0 spiro atoms. The highest BCUT2D eigenvalue weighted by Crippen LogP contribution is 2.29. The van der Waals surface area contributed by atoms with Crippen LogP contribution in [0, 0.1) is 0 Å². The van der Waals surface area contributed by atoms with Gasteiger partial charge >= 0.3 is 0 Å². The van der Waals surface area contributed by atoms with Crippen molar-refractivity contribution >= 4 is 0 Å². The van der Waals surface area contributed by atoms with Crippen LogP contribution < -0.4 is 10.1 Å². The van der Waals surface area contributed by atoms with Gasteiger partial charge < -0.3 is 10.1 Å². The Bertz CT molecular complexity index is 345. The molecule has 1 N–H and O–H groups in total. The minimum Gasteiger partial charge on any atom is -0.489 e. The second-order valence-corrected chi connectivity index (χ2v) is 4.93. The predicted molar refractivity (Wildman–Crippen MR) is 71.7 cm³/mol. The van der Waals surface area contributed by atoms with Gasteiger partial charge in [-0.3, -0.25) is 0 Å². The molecule has 0 amide bonds. The van der Waals surface area contributed by atoms with Gasteiger partial charge in [0.05, 0.1) is 0 Å². The number of piperidine rings is 1. The van der Waals surface area contributed by atoms with Crippen molar-refractivity contribution in [2.24, 2.45) is 0 Å². The van der Waals surface area contributed by atoms with E-state index in [9.17, 15) is 0 Å². The first-order chi connectivity index (χ1) is 8.31. The molecule has 1 aliphatic rings. The van der Waals surface area contributed by atoms with Gasteiger partial charge in [0.15, 0.2) is 0 Å². The third-order valence-corrected chi connectivity index (χ3v) is 3.61. The molecule has 1 heterocycles. The summed E-state index contributed by atoms with van der Waals surface area (Å²) in [6.45, 7) is 6.60. The maximum atomic E-state index is 6.15. The van der Waals surface area contributed by atoms with E-state index < -0.39 is 0 Å². The summed E-state index contributed by atoms with van der Waals surface area (Å²) < 4.78 is 6.15. The second kappa shape index (κ2) is 6.06. The van der Waals surface area contributed by atoms with Crippen molar-refractivity contribution in [3.05, 3.63) is 29.8 Å². The Balaban J connectivity index is 2.08. The van der Waals surface area contributed by atoms with Crippen LogP contribution in [-0.2, 0) is 0 Å². The molecule has 2 nitrogen and oxygen atoms in total. The zero-order valence-corrected chi connectivity index (χ0v) is 10.9. The summed E-state index contributed by atoms with van der Waals surface area (Å²) in [5, 5.41) is 3.39. The van der Waals surface area contributed by atoms with Crippen LogP contribution in [0.4, 0.5) is 0 Å². The number of hydrogen-bond donors (Lipinski definition) is 1. The van der Waals surface area contributed by atoms with E-state index in [1.165, 1.54) is 18.4 Å². The largest absolute Gasteiger partial charge is 0.489 e. The molecule has 2 rings (SSSR count). The van der Waals surface area contributed by atoms with Gasteiger partial charge in [0.2, 0.25) is 0 Å². The summed E-state index contributed by atoms with van der Waals surface area (Å²) in [5.41, 5.74) is 1.35. The van der Waals surface area contributed by atoms with Crippen LogP contribution in [0.25, 0.3) is 0 Å². The predicted octanol–water partition coefficient (Wildman–Crippen LogP) is 3.33. The Morgan fingerprint density at radius 2 is 2.24 bits per heavy atom. The summed E-state index contributed by atoms with van der Waals surface area (Å²) in [5.74, 6) is 1.65. The van der Waals surface area contributed by atoms with Gasteiger partial charge in [-0.15, -0.1) is 0 Å². The fraction of sp³-hybridized carbons (Fsp3) is 0.600. The number of nitrogens with one attached hydrogen (secondary N) is 1. The lowest BCUT2D eigenvalue weighted by Gasteiger charge is -2.26. The fourth-order valence-corrected chi connectivity index (χ4v) is 2.31. The summed E-state index contributed by atoms with van der Waals surface area (Å²) in [6, 6.07) is 8.47. The average molecular weight is 233 g/mol. The van der Waals surface area contributed by atoms with Crippen LogP contribution in [0.3, 0.4) is 0 Å². The molecule has 0 aromatic heterocycles. The lowest BCUT2D eigenvalue weighted by molar-refractivity contribution is 0.165. The van der Waals surface area contributed by atoms with Gasteiger partial charge in [0.25, 0.3) is 0 Å². The molecule has 1 fully saturated rings. The Kier molecular flexibility index (Phi) is 4.43. The molecule has 0 aliphatic carbocycles. The standard InChI is InChI=1S/C15H23NO/c1-3-12(2)14-8-4-5-9-15(14)17-13-7-6-10-16-11-13/h4-5,8-9,12-13,16H,3,6-7,10-11H2,1-2H3/t12-,13-/m1/s1. The van der Waals surface area contributed by atoms with Crippen LogP contribution in [-0.4, -0.2) is 19.2 Å². The first-order valence-electron chi connectivity index (χ1n) is 6.77. The number of ether oxygens (including phenoxy) is 1. The summed E-state index contributed by atoms with van der Waals surface area (Å²) in [6.07, 6.45) is 3.88. The van der Waals surface area contributed by atoms with E-state index in [1.54, 1.807) is 0 Å². The van der Waals surface area contributed by atoms with E-state index in [-0.39, 0.29) is 0 Å². The van der Waals surface area contributed by atoms with Gasteiger partial charge in [-0.05, 0) is 43.4 Å². The monoisotopic (exact) mass is 233 g/mol. The van der Waals surface area contributed by atoms with E-state index >= 15 is 0 Å². The molecule has 1 aliphatic heterocycles. The van der Waals surface area contributed by atoms with E-state index in [1.807, 2.05) is 0 Å². The Hall–Kier alpha value is -1.02. The van der Waals surface area contributed by atoms with E-state index in [0.717, 1.165) is 25.3 Å². The molecule has 1 aromatic rings. The minimum absolute atomic E-state index is 0.342. The molecule has 2 heteroatoms. The number of benzene rings is 1. The SMILES string of the molecule is CC[C@@H](C)c1ccccc1O[C@@H]1CCCNC1. The number of hydrogen-bond acceptors (Lipinski definition) is 2. The van der Waals surface area contributed by atoms with Crippen molar-refractivity contribution in [3.63, 3.8) is 0 Å². The van der Waals surface area contributed by atoms with Crippen LogP contribution >= 0.6 is 0 Å². The maximum Gasteiger partial charge on any atom is 0.123 e. The van der Waals surface area contributed by atoms with Crippen LogP contribution in [0.2, 0.25) is 0 Å². The summed E-state index contributed by atoms with van der Waals surface area (Å²) >= 11 is 0. The smallest absolute Gasteiger partial charge is 0.123 e. The molecule has 0 bridgehead atoms. The molecule has 0 unspecified atom stereocenters. The quantitative estimate of drug-likeness (QED) is 0.861. The van der Waals surface area contributed by atoms with Gasteiger partial charge in [-0.2, -0.15) is 0 Å². The van der Waals surface area contributed by atoms with Gasteiger partial charge in [0.1, 0.15) is 11.9 Å². The summed E-state index contributed by atoms with van der Waals surface area (Å²) in [7, 11) is 0. The number of para-hydroxylation sites is 1. The van der Waals surface area contributed by atoms with Crippen molar-refractivity contribution in [3.8, 4) is 5.75 Å². The molecule has 94 valence electrons. The van der Waals surface area contributed by atoms with Gasteiger partial charge in [-0.25, -0.2) is 0 Å². The van der Waals surface area contributed by atoms with Crippen LogP contribution in [0.15, 0.2) is 24.3 Å². The van der Waals surface area contributed by atoms with Crippen molar-refractivity contribution in [2.75, 3.05) is 13.1 Å².